The lowest BCUT2D eigenvalue weighted by atomic mass is 10.2. The summed E-state index contributed by atoms with van der Waals surface area (Å²) in [6, 6.07) is 6.55. The van der Waals surface area contributed by atoms with Gasteiger partial charge in [-0.2, -0.15) is 11.8 Å². The molecule has 0 radical (unpaired) electrons. The van der Waals surface area contributed by atoms with Crippen molar-refractivity contribution >= 4 is 45.1 Å². The van der Waals surface area contributed by atoms with E-state index in [4.69, 9.17) is 0 Å². The molecular formula is C17H17BrF3N3O2S. The number of halogens is 4. The molecule has 1 N–H and O–H groups in total. The van der Waals surface area contributed by atoms with E-state index >= 15 is 0 Å². The number of rotatable bonds is 7. The Kier molecular flexibility index (Phi) is 7.37. The van der Waals surface area contributed by atoms with Crippen LogP contribution in [0.2, 0.25) is 0 Å². The maximum Gasteiger partial charge on any atom is 0.573 e. The first-order valence-electron chi connectivity index (χ1n) is 7.72. The molecule has 0 spiro atoms. The highest BCUT2D eigenvalue weighted by atomic mass is 79.9. The molecule has 10 heteroatoms. The summed E-state index contributed by atoms with van der Waals surface area (Å²) in [6.07, 6.45) is -1.29. The summed E-state index contributed by atoms with van der Waals surface area (Å²) in [7, 11) is 1.91. The fraction of sp³-hybridized carbons (Fsp3) is 0.294. The third kappa shape index (κ3) is 6.62. The number of anilines is 2. The number of aromatic nitrogens is 1. The zero-order valence-electron chi connectivity index (χ0n) is 14.5. The van der Waals surface area contributed by atoms with Crippen molar-refractivity contribution in [2.45, 2.75) is 6.36 Å². The van der Waals surface area contributed by atoms with Gasteiger partial charge in [-0.3, -0.25) is 4.79 Å². The largest absolute Gasteiger partial charge is 0.573 e. The van der Waals surface area contributed by atoms with Gasteiger partial charge in [-0.1, -0.05) is 0 Å². The standard InChI is InChI=1S/C17H17BrF3N3O2S/c1-24(7-8-27-2)15-14(18)9-11(10-22-15)16(25)23-12-3-5-13(6-4-12)26-17(19,20)21/h3-6,9-10H,7-8H2,1-2H3,(H,23,25). The topological polar surface area (TPSA) is 54.5 Å². The van der Waals surface area contributed by atoms with Crippen molar-refractivity contribution in [3.63, 3.8) is 0 Å². The molecule has 1 aromatic carbocycles. The molecule has 0 fully saturated rings. The first-order valence-corrected chi connectivity index (χ1v) is 9.91. The predicted octanol–water partition coefficient (Wildman–Crippen LogP) is 4.79. The summed E-state index contributed by atoms with van der Waals surface area (Å²) < 4.78 is 40.9. The number of hydrogen-bond acceptors (Lipinski definition) is 5. The van der Waals surface area contributed by atoms with Crippen LogP contribution >= 0.6 is 27.7 Å². The molecule has 5 nitrogen and oxygen atoms in total. The molecule has 0 aliphatic rings. The number of nitrogens with one attached hydrogen (secondary N) is 1. The second-order valence-corrected chi connectivity index (χ2v) is 7.31. The molecule has 2 rings (SSSR count). The Labute approximate surface area is 167 Å². The van der Waals surface area contributed by atoms with Gasteiger partial charge >= 0.3 is 6.36 Å². The molecule has 27 heavy (non-hydrogen) atoms. The number of carbonyl (C=O) groups is 1. The fourth-order valence-corrected chi connectivity index (χ4v) is 3.22. The van der Waals surface area contributed by atoms with Gasteiger partial charge in [0.1, 0.15) is 11.6 Å². The molecule has 0 unspecified atom stereocenters. The Morgan fingerprint density at radius 3 is 2.56 bits per heavy atom. The van der Waals surface area contributed by atoms with E-state index in [1.807, 2.05) is 18.2 Å². The number of carbonyl (C=O) groups excluding carboxylic acids is 1. The van der Waals surface area contributed by atoms with Crippen LogP contribution in [0, 0.1) is 0 Å². The van der Waals surface area contributed by atoms with E-state index in [1.165, 1.54) is 18.3 Å². The van der Waals surface area contributed by atoms with Crippen LogP contribution in [-0.4, -0.2) is 42.9 Å². The SMILES string of the molecule is CSCCN(C)c1ncc(C(=O)Nc2ccc(OC(F)(F)F)cc2)cc1Br. The van der Waals surface area contributed by atoms with Crippen molar-refractivity contribution in [3.8, 4) is 5.75 Å². The van der Waals surface area contributed by atoms with Crippen LogP contribution in [0.25, 0.3) is 0 Å². The highest BCUT2D eigenvalue weighted by Gasteiger charge is 2.30. The first kappa shape index (κ1) is 21.4. The minimum absolute atomic E-state index is 0.319. The second kappa shape index (κ2) is 9.32. The molecule has 0 bridgehead atoms. The molecule has 1 amide bonds. The van der Waals surface area contributed by atoms with Gasteiger partial charge < -0.3 is 15.0 Å². The number of alkyl halides is 3. The predicted molar refractivity (Wildman–Crippen MR) is 105 cm³/mol. The molecule has 146 valence electrons. The van der Waals surface area contributed by atoms with Gasteiger partial charge in [-0.05, 0) is 52.5 Å². The summed E-state index contributed by atoms with van der Waals surface area (Å²) in [6.45, 7) is 0.810. The molecule has 0 aliphatic carbocycles. The van der Waals surface area contributed by atoms with Gasteiger partial charge in [-0.25, -0.2) is 4.98 Å². The van der Waals surface area contributed by atoms with E-state index in [9.17, 15) is 18.0 Å². The van der Waals surface area contributed by atoms with Gasteiger partial charge in [0.05, 0.1) is 10.0 Å². The number of amides is 1. The summed E-state index contributed by atoms with van der Waals surface area (Å²) in [5.74, 6) is 0.878. The summed E-state index contributed by atoms with van der Waals surface area (Å²) in [4.78, 5) is 18.6. The monoisotopic (exact) mass is 463 g/mol. The number of hydrogen-bond donors (Lipinski definition) is 1. The van der Waals surface area contributed by atoms with Crippen LogP contribution in [0.3, 0.4) is 0 Å². The molecule has 0 atom stereocenters. The van der Waals surface area contributed by atoms with Crippen molar-refractivity contribution in [2.24, 2.45) is 0 Å². The van der Waals surface area contributed by atoms with Crippen molar-refractivity contribution in [2.75, 3.05) is 35.8 Å². The second-order valence-electron chi connectivity index (χ2n) is 5.47. The van der Waals surface area contributed by atoms with Crippen molar-refractivity contribution in [1.82, 2.24) is 4.98 Å². The fourth-order valence-electron chi connectivity index (χ4n) is 2.11. The maximum atomic E-state index is 12.3. The van der Waals surface area contributed by atoms with Crippen LogP contribution in [0.1, 0.15) is 10.4 Å². The van der Waals surface area contributed by atoms with E-state index in [0.717, 1.165) is 24.4 Å². The number of nitrogens with zero attached hydrogens (tertiary/aromatic N) is 2. The highest BCUT2D eigenvalue weighted by molar-refractivity contribution is 9.10. The lowest BCUT2D eigenvalue weighted by molar-refractivity contribution is -0.274. The van der Waals surface area contributed by atoms with Crippen LogP contribution < -0.4 is 15.0 Å². The molecular weight excluding hydrogens is 447 g/mol. The Hall–Kier alpha value is -1.94. The van der Waals surface area contributed by atoms with Gasteiger partial charge in [0.15, 0.2) is 0 Å². The Bertz CT molecular complexity index is 788. The number of ether oxygens (including phenoxy) is 1. The smallest absolute Gasteiger partial charge is 0.406 e. The van der Waals surface area contributed by atoms with E-state index in [2.05, 4.69) is 31.0 Å². The average molecular weight is 464 g/mol. The molecule has 2 aromatic rings. The zero-order valence-corrected chi connectivity index (χ0v) is 16.9. The lowest BCUT2D eigenvalue weighted by Crippen LogP contribution is -2.22. The maximum absolute atomic E-state index is 12.3. The van der Waals surface area contributed by atoms with Crippen molar-refractivity contribution in [1.29, 1.82) is 0 Å². The van der Waals surface area contributed by atoms with Gasteiger partial charge in [-0.15, -0.1) is 13.2 Å². The summed E-state index contributed by atoms with van der Waals surface area (Å²) >= 11 is 5.14. The lowest BCUT2D eigenvalue weighted by Gasteiger charge is -2.19. The van der Waals surface area contributed by atoms with Crippen LogP contribution in [-0.2, 0) is 0 Å². The number of pyridine rings is 1. The first-order chi connectivity index (χ1) is 12.7. The third-order valence-electron chi connectivity index (χ3n) is 3.42. The van der Waals surface area contributed by atoms with Crippen molar-refractivity contribution in [3.05, 3.63) is 46.6 Å². The normalized spacial score (nSPS) is 11.2. The van der Waals surface area contributed by atoms with E-state index < -0.39 is 12.3 Å². The Morgan fingerprint density at radius 2 is 2.00 bits per heavy atom. The van der Waals surface area contributed by atoms with Gasteiger partial charge in [0, 0.05) is 31.2 Å². The molecule has 0 saturated heterocycles. The van der Waals surface area contributed by atoms with E-state index in [-0.39, 0.29) is 5.75 Å². The number of benzene rings is 1. The molecule has 1 aromatic heterocycles. The third-order valence-corrected chi connectivity index (χ3v) is 4.60. The van der Waals surface area contributed by atoms with E-state index in [0.29, 0.717) is 21.5 Å². The minimum atomic E-state index is -4.76. The van der Waals surface area contributed by atoms with Gasteiger partial charge in [0.25, 0.3) is 5.91 Å². The Balaban J connectivity index is 2.04. The molecule has 0 saturated carbocycles. The Morgan fingerprint density at radius 1 is 1.33 bits per heavy atom. The van der Waals surface area contributed by atoms with Crippen molar-refractivity contribution < 1.29 is 22.7 Å². The van der Waals surface area contributed by atoms with E-state index in [1.54, 1.807) is 17.8 Å². The van der Waals surface area contributed by atoms with Crippen LogP contribution in [0.15, 0.2) is 41.0 Å². The zero-order chi connectivity index (χ0) is 20.0. The average Bonchev–Trinajstić information content (AvgIpc) is 2.60. The molecule has 0 aliphatic heterocycles. The summed E-state index contributed by atoms with van der Waals surface area (Å²) in [5, 5.41) is 2.60. The van der Waals surface area contributed by atoms with Crippen LogP contribution in [0.5, 0.6) is 5.75 Å². The van der Waals surface area contributed by atoms with Crippen LogP contribution in [0.4, 0.5) is 24.7 Å². The summed E-state index contributed by atoms with van der Waals surface area (Å²) in [5.41, 5.74) is 0.659. The molecule has 1 heterocycles. The minimum Gasteiger partial charge on any atom is -0.406 e. The van der Waals surface area contributed by atoms with Gasteiger partial charge in [0.2, 0.25) is 0 Å². The highest BCUT2D eigenvalue weighted by Crippen LogP contribution is 2.26. The quantitative estimate of drug-likeness (QED) is 0.639. The number of thioether (sulfide) groups is 1.